The van der Waals surface area contributed by atoms with Crippen LogP contribution in [-0.2, 0) is 9.53 Å². The van der Waals surface area contributed by atoms with Crippen molar-refractivity contribution in [1.82, 2.24) is 0 Å². The van der Waals surface area contributed by atoms with Gasteiger partial charge in [-0.3, -0.25) is 4.79 Å². The molecular weight excluding hydrogens is 230 g/mol. The molecular formula is C12H12F2O3. The van der Waals surface area contributed by atoms with E-state index in [1.165, 1.54) is 6.07 Å². The average molecular weight is 242 g/mol. The number of halogens is 2. The van der Waals surface area contributed by atoms with E-state index in [0.717, 1.165) is 12.1 Å². The standard InChI is InChI=1S/C12H12F2O3/c13-9-4-3-7(6-10(9)14)11-8(12(15)16)2-1-5-17-11/h3-4,6,8,11H,1-2,5H2,(H,15,16). The lowest BCUT2D eigenvalue weighted by Crippen LogP contribution is -2.29. The van der Waals surface area contributed by atoms with Crippen LogP contribution >= 0.6 is 0 Å². The molecule has 5 heteroatoms. The van der Waals surface area contributed by atoms with E-state index in [1.807, 2.05) is 0 Å². The highest BCUT2D eigenvalue weighted by Gasteiger charge is 2.33. The Morgan fingerprint density at radius 3 is 2.76 bits per heavy atom. The first-order valence-corrected chi connectivity index (χ1v) is 5.39. The molecule has 0 aliphatic carbocycles. The molecule has 1 aromatic carbocycles. The van der Waals surface area contributed by atoms with E-state index >= 15 is 0 Å². The first-order valence-electron chi connectivity index (χ1n) is 5.39. The maximum absolute atomic E-state index is 13.1. The van der Waals surface area contributed by atoms with Gasteiger partial charge in [0, 0.05) is 6.61 Å². The van der Waals surface area contributed by atoms with Gasteiger partial charge in [-0.2, -0.15) is 0 Å². The Hall–Kier alpha value is -1.49. The molecule has 2 rings (SSSR count). The lowest BCUT2D eigenvalue weighted by atomic mass is 9.89. The first kappa shape index (κ1) is 12.0. The minimum atomic E-state index is -0.985. The fourth-order valence-electron chi connectivity index (χ4n) is 2.05. The van der Waals surface area contributed by atoms with Gasteiger partial charge in [0.25, 0.3) is 0 Å². The van der Waals surface area contributed by atoms with Gasteiger partial charge in [0.1, 0.15) is 0 Å². The van der Waals surface area contributed by atoms with Crippen LogP contribution in [0.3, 0.4) is 0 Å². The number of hydrogen-bond donors (Lipinski definition) is 1. The Labute approximate surface area is 97.0 Å². The lowest BCUT2D eigenvalue weighted by Gasteiger charge is -2.29. The van der Waals surface area contributed by atoms with Crippen molar-refractivity contribution in [1.29, 1.82) is 0 Å². The number of hydrogen-bond acceptors (Lipinski definition) is 2. The zero-order chi connectivity index (χ0) is 12.4. The van der Waals surface area contributed by atoms with E-state index in [9.17, 15) is 13.6 Å². The highest BCUT2D eigenvalue weighted by Crippen LogP contribution is 2.34. The van der Waals surface area contributed by atoms with E-state index in [1.54, 1.807) is 0 Å². The Bertz CT molecular complexity index is 434. The second-order valence-electron chi connectivity index (χ2n) is 4.05. The van der Waals surface area contributed by atoms with E-state index in [-0.39, 0.29) is 0 Å². The second kappa shape index (κ2) is 4.79. The molecule has 2 unspecified atom stereocenters. The van der Waals surface area contributed by atoms with Crippen LogP contribution in [0, 0.1) is 17.6 Å². The molecule has 1 saturated heterocycles. The number of rotatable bonds is 2. The number of carboxylic acids is 1. The first-order chi connectivity index (χ1) is 8.09. The van der Waals surface area contributed by atoms with Crippen molar-refractivity contribution in [2.24, 2.45) is 5.92 Å². The molecule has 17 heavy (non-hydrogen) atoms. The van der Waals surface area contributed by atoms with E-state index in [4.69, 9.17) is 9.84 Å². The van der Waals surface area contributed by atoms with Gasteiger partial charge in [0.05, 0.1) is 12.0 Å². The highest BCUT2D eigenvalue weighted by atomic mass is 19.2. The van der Waals surface area contributed by atoms with Gasteiger partial charge in [-0.1, -0.05) is 6.07 Å². The maximum atomic E-state index is 13.1. The Kier molecular flexibility index (Phi) is 3.38. The van der Waals surface area contributed by atoms with Crippen LogP contribution in [0.25, 0.3) is 0 Å². The summed E-state index contributed by atoms with van der Waals surface area (Å²) < 4.78 is 31.2. The van der Waals surface area contributed by atoms with Gasteiger partial charge in [0.2, 0.25) is 0 Å². The molecule has 0 aromatic heterocycles. The second-order valence-corrected chi connectivity index (χ2v) is 4.05. The summed E-state index contributed by atoms with van der Waals surface area (Å²) in [7, 11) is 0. The minimum Gasteiger partial charge on any atom is -0.481 e. The SMILES string of the molecule is O=C(O)C1CCCOC1c1ccc(F)c(F)c1. The third-order valence-corrected chi connectivity index (χ3v) is 2.91. The predicted octanol–water partition coefficient (Wildman–Crippen LogP) is 2.52. The van der Waals surface area contributed by atoms with Crippen LogP contribution in [0.5, 0.6) is 0 Å². The zero-order valence-electron chi connectivity index (χ0n) is 9.03. The minimum absolute atomic E-state index is 0.371. The molecule has 1 N–H and O–H groups in total. The Morgan fingerprint density at radius 1 is 1.35 bits per heavy atom. The molecule has 1 aliphatic heterocycles. The maximum Gasteiger partial charge on any atom is 0.309 e. The summed E-state index contributed by atoms with van der Waals surface area (Å²) in [5.74, 6) is -3.61. The fraction of sp³-hybridized carbons (Fsp3) is 0.417. The van der Waals surface area contributed by atoms with Crippen LogP contribution in [0.4, 0.5) is 8.78 Å². The number of ether oxygens (including phenoxy) is 1. The molecule has 3 nitrogen and oxygen atoms in total. The summed E-state index contributed by atoms with van der Waals surface area (Å²) in [5, 5.41) is 9.05. The normalized spacial score (nSPS) is 24.6. The van der Waals surface area contributed by atoms with Crippen molar-refractivity contribution >= 4 is 5.97 Å². The summed E-state index contributed by atoms with van der Waals surface area (Å²) in [6.07, 6.45) is 0.451. The van der Waals surface area contributed by atoms with Crippen molar-refractivity contribution in [3.05, 3.63) is 35.4 Å². The monoisotopic (exact) mass is 242 g/mol. The van der Waals surface area contributed by atoms with E-state index in [0.29, 0.717) is 25.0 Å². The summed E-state index contributed by atoms with van der Waals surface area (Å²) in [6.45, 7) is 0.438. The molecule has 0 saturated carbocycles. The molecule has 0 spiro atoms. The van der Waals surface area contributed by atoms with Crippen LogP contribution in [0.2, 0.25) is 0 Å². The van der Waals surface area contributed by atoms with E-state index < -0.39 is 29.6 Å². The number of benzene rings is 1. The molecule has 1 aliphatic rings. The van der Waals surface area contributed by atoms with Gasteiger partial charge in [-0.05, 0) is 30.5 Å². The molecule has 0 amide bonds. The smallest absolute Gasteiger partial charge is 0.309 e. The lowest BCUT2D eigenvalue weighted by molar-refractivity contribution is -0.151. The van der Waals surface area contributed by atoms with Crippen molar-refractivity contribution in [2.75, 3.05) is 6.61 Å². The van der Waals surface area contributed by atoms with Crippen LogP contribution in [0.15, 0.2) is 18.2 Å². The third-order valence-electron chi connectivity index (χ3n) is 2.91. The van der Waals surface area contributed by atoms with Crippen LogP contribution in [-0.4, -0.2) is 17.7 Å². The predicted molar refractivity (Wildman–Crippen MR) is 55.4 cm³/mol. The van der Waals surface area contributed by atoms with Crippen LogP contribution < -0.4 is 0 Å². The third kappa shape index (κ3) is 2.44. The number of carbonyl (C=O) groups is 1. The summed E-state index contributed by atoms with van der Waals surface area (Å²) in [6, 6.07) is 3.35. The summed E-state index contributed by atoms with van der Waals surface area (Å²) >= 11 is 0. The van der Waals surface area contributed by atoms with Gasteiger partial charge in [-0.15, -0.1) is 0 Å². The average Bonchev–Trinajstić information content (AvgIpc) is 2.32. The molecule has 1 heterocycles. The van der Waals surface area contributed by atoms with Crippen molar-refractivity contribution in [3.63, 3.8) is 0 Å². The van der Waals surface area contributed by atoms with Gasteiger partial charge < -0.3 is 9.84 Å². The fourth-order valence-corrected chi connectivity index (χ4v) is 2.05. The van der Waals surface area contributed by atoms with Crippen molar-refractivity contribution < 1.29 is 23.4 Å². The van der Waals surface area contributed by atoms with Gasteiger partial charge >= 0.3 is 5.97 Å². The largest absolute Gasteiger partial charge is 0.481 e. The molecule has 92 valence electrons. The summed E-state index contributed by atoms with van der Waals surface area (Å²) in [4.78, 5) is 11.0. The molecule has 2 atom stereocenters. The van der Waals surface area contributed by atoms with E-state index in [2.05, 4.69) is 0 Å². The molecule has 1 fully saturated rings. The molecule has 1 aromatic rings. The number of carboxylic acid groups (broad SMARTS) is 1. The van der Waals surface area contributed by atoms with Gasteiger partial charge in [0.15, 0.2) is 11.6 Å². The molecule has 0 radical (unpaired) electrons. The topological polar surface area (TPSA) is 46.5 Å². The highest BCUT2D eigenvalue weighted by molar-refractivity contribution is 5.71. The molecule has 0 bridgehead atoms. The summed E-state index contributed by atoms with van der Waals surface area (Å²) in [5.41, 5.74) is 0.371. The van der Waals surface area contributed by atoms with Crippen LogP contribution in [0.1, 0.15) is 24.5 Å². The number of aliphatic carboxylic acids is 1. The Morgan fingerprint density at radius 2 is 2.12 bits per heavy atom. The van der Waals surface area contributed by atoms with Crippen molar-refractivity contribution in [3.8, 4) is 0 Å². The van der Waals surface area contributed by atoms with Gasteiger partial charge in [-0.25, -0.2) is 8.78 Å². The van der Waals surface area contributed by atoms with Crippen molar-refractivity contribution in [2.45, 2.75) is 18.9 Å². The Balaban J connectivity index is 2.29. The zero-order valence-corrected chi connectivity index (χ0v) is 9.03. The quantitative estimate of drug-likeness (QED) is 0.866.